The van der Waals surface area contributed by atoms with Crippen molar-refractivity contribution in [1.29, 1.82) is 0 Å². The summed E-state index contributed by atoms with van der Waals surface area (Å²) in [5.74, 6) is 0. The van der Waals surface area contributed by atoms with Gasteiger partial charge in [0.15, 0.2) is 0 Å². The van der Waals surface area contributed by atoms with Gasteiger partial charge >= 0.3 is 6.03 Å². The summed E-state index contributed by atoms with van der Waals surface area (Å²) < 4.78 is 1.19. The van der Waals surface area contributed by atoms with Crippen LogP contribution in [0.2, 0.25) is 0 Å². The zero-order valence-electron chi connectivity index (χ0n) is 6.88. The van der Waals surface area contributed by atoms with E-state index >= 15 is 0 Å². The van der Waals surface area contributed by atoms with E-state index < -0.39 is 0 Å². The number of carbonyl (C=O) groups excluding carboxylic acids is 1. The van der Waals surface area contributed by atoms with E-state index in [1.807, 2.05) is 24.3 Å². The molecule has 0 bridgehead atoms. The van der Waals surface area contributed by atoms with Crippen molar-refractivity contribution in [3.8, 4) is 0 Å². The molecule has 0 saturated carbocycles. The second kappa shape index (κ2) is 3.53. The molecule has 0 aliphatic carbocycles. The van der Waals surface area contributed by atoms with Crippen LogP contribution in [0, 0.1) is 3.57 Å². The fraction of sp³-hybridized carbons (Fsp3) is 0.222. The van der Waals surface area contributed by atoms with Crippen molar-refractivity contribution in [1.82, 2.24) is 10.6 Å². The Morgan fingerprint density at radius 3 is 2.77 bits per heavy atom. The van der Waals surface area contributed by atoms with Gasteiger partial charge in [-0.1, -0.05) is 18.2 Å². The molecule has 0 unspecified atom stereocenters. The number of carbonyl (C=O) groups is 1. The van der Waals surface area contributed by atoms with Crippen molar-refractivity contribution in [3.05, 3.63) is 33.4 Å². The highest BCUT2D eigenvalue weighted by Gasteiger charge is 2.22. The minimum atomic E-state index is -0.0790. The van der Waals surface area contributed by atoms with Gasteiger partial charge in [0.2, 0.25) is 0 Å². The number of amides is 2. The molecular weight excluding hydrogens is 279 g/mol. The number of hydrogen-bond acceptors (Lipinski definition) is 1. The molecule has 4 heteroatoms. The second-order valence-electron chi connectivity index (χ2n) is 2.93. The highest BCUT2D eigenvalue weighted by Crippen LogP contribution is 2.20. The molecule has 1 aliphatic rings. The largest absolute Gasteiger partial charge is 0.336 e. The van der Waals surface area contributed by atoms with Crippen molar-refractivity contribution in [2.75, 3.05) is 6.54 Å². The molecule has 68 valence electrons. The highest BCUT2D eigenvalue weighted by molar-refractivity contribution is 14.1. The van der Waals surface area contributed by atoms with Crippen LogP contribution in [0.4, 0.5) is 4.79 Å². The SMILES string of the molecule is O=C1NC[C@H](c2ccccc2I)N1. The Hall–Kier alpha value is -0.780. The average molecular weight is 288 g/mol. The number of nitrogens with one attached hydrogen (secondary N) is 2. The average Bonchev–Trinajstić information content (AvgIpc) is 2.53. The summed E-state index contributed by atoms with van der Waals surface area (Å²) in [7, 11) is 0. The van der Waals surface area contributed by atoms with Crippen molar-refractivity contribution in [3.63, 3.8) is 0 Å². The van der Waals surface area contributed by atoms with Gasteiger partial charge in [-0.2, -0.15) is 0 Å². The highest BCUT2D eigenvalue weighted by atomic mass is 127. The maximum absolute atomic E-state index is 10.9. The van der Waals surface area contributed by atoms with E-state index in [2.05, 4.69) is 33.2 Å². The Morgan fingerprint density at radius 2 is 2.15 bits per heavy atom. The minimum Gasteiger partial charge on any atom is -0.336 e. The third-order valence-corrected chi connectivity index (χ3v) is 3.04. The Balaban J connectivity index is 2.26. The summed E-state index contributed by atoms with van der Waals surface area (Å²) in [6, 6.07) is 8.11. The van der Waals surface area contributed by atoms with E-state index in [-0.39, 0.29) is 12.1 Å². The Kier molecular flexibility index (Phi) is 2.39. The van der Waals surface area contributed by atoms with Crippen LogP contribution in [0.1, 0.15) is 11.6 Å². The van der Waals surface area contributed by atoms with Crippen LogP contribution in [0.25, 0.3) is 0 Å². The molecule has 0 aromatic heterocycles. The molecule has 1 heterocycles. The fourth-order valence-electron chi connectivity index (χ4n) is 1.40. The third kappa shape index (κ3) is 1.77. The van der Waals surface area contributed by atoms with Crippen LogP contribution in [-0.4, -0.2) is 12.6 Å². The van der Waals surface area contributed by atoms with Gasteiger partial charge < -0.3 is 10.6 Å². The number of rotatable bonds is 1. The first-order valence-electron chi connectivity index (χ1n) is 4.06. The number of benzene rings is 1. The van der Waals surface area contributed by atoms with Gasteiger partial charge in [-0.3, -0.25) is 0 Å². The van der Waals surface area contributed by atoms with Crippen LogP contribution >= 0.6 is 22.6 Å². The monoisotopic (exact) mass is 288 g/mol. The van der Waals surface area contributed by atoms with Crippen LogP contribution in [0.15, 0.2) is 24.3 Å². The van der Waals surface area contributed by atoms with Gasteiger partial charge in [-0.15, -0.1) is 0 Å². The zero-order valence-corrected chi connectivity index (χ0v) is 9.04. The summed E-state index contributed by atoms with van der Waals surface area (Å²) in [4.78, 5) is 10.9. The molecule has 0 spiro atoms. The lowest BCUT2D eigenvalue weighted by molar-refractivity contribution is 0.247. The van der Waals surface area contributed by atoms with Crippen LogP contribution in [0.5, 0.6) is 0 Å². The first kappa shape index (κ1) is 8.80. The van der Waals surface area contributed by atoms with E-state index in [0.29, 0.717) is 6.54 Å². The molecule has 1 aromatic carbocycles. The Bertz CT molecular complexity index is 340. The van der Waals surface area contributed by atoms with Crippen molar-refractivity contribution < 1.29 is 4.79 Å². The van der Waals surface area contributed by atoms with Gasteiger partial charge in [0.05, 0.1) is 6.04 Å². The van der Waals surface area contributed by atoms with Crippen molar-refractivity contribution in [2.45, 2.75) is 6.04 Å². The quantitative estimate of drug-likeness (QED) is 0.758. The van der Waals surface area contributed by atoms with Gasteiger partial charge in [0, 0.05) is 10.1 Å². The molecular formula is C9H9IN2O. The van der Waals surface area contributed by atoms with Gasteiger partial charge in [0.1, 0.15) is 0 Å². The predicted molar refractivity (Wildman–Crippen MR) is 58.4 cm³/mol. The lowest BCUT2D eigenvalue weighted by Gasteiger charge is -2.10. The zero-order chi connectivity index (χ0) is 9.26. The topological polar surface area (TPSA) is 41.1 Å². The maximum Gasteiger partial charge on any atom is 0.315 e. The molecule has 1 saturated heterocycles. The Morgan fingerprint density at radius 1 is 1.38 bits per heavy atom. The summed E-state index contributed by atoms with van der Waals surface area (Å²) >= 11 is 2.28. The lowest BCUT2D eigenvalue weighted by Crippen LogP contribution is -2.22. The van der Waals surface area contributed by atoms with Crippen LogP contribution < -0.4 is 10.6 Å². The van der Waals surface area contributed by atoms with Crippen molar-refractivity contribution >= 4 is 28.6 Å². The summed E-state index contributed by atoms with van der Waals surface area (Å²) in [5, 5.41) is 5.60. The number of hydrogen-bond donors (Lipinski definition) is 2. The molecule has 1 fully saturated rings. The molecule has 0 radical (unpaired) electrons. The fourth-order valence-corrected chi connectivity index (χ4v) is 2.16. The molecule has 2 N–H and O–H groups in total. The second-order valence-corrected chi connectivity index (χ2v) is 4.09. The minimum absolute atomic E-state index is 0.0790. The van der Waals surface area contributed by atoms with Crippen LogP contribution in [0.3, 0.4) is 0 Å². The van der Waals surface area contributed by atoms with Gasteiger partial charge in [0.25, 0.3) is 0 Å². The number of urea groups is 1. The molecule has 1 atom stereocenters. The molecule has 1 aromatic rings. The molecule has 2 amide bonds. The number of halogens is 1. The molecule has 13 heavy (non-hydrogen) atoms. The standard InChI is InChI=1S/C9H9IN2O/c10-7-4-2-1-3-6(7)8-5-11-9(13)12-8/h1-4,8H,5H2,(H2,11,12,13)/t8-/m1/s1. The first-order chi connectivity index (χ1) is 6.27. The maximum atomic E-state index is 10.9. The first-order valence-corrected chi connectivity index (χ1v) is 5.14. The van der Waals surface area contributed by atoms with Gasteiger partial charge in [-0.25, -0.2) is 4.79 Å². The molecule has 2 rings (SSSR count). The van der Waals surface area contributed by atoms with E-state index in [4.69, 9.17) is 0 Å². The van der Waals surface area contributed by atoms with E-state index in [9.17, 15) is 4.79 Å². The lowest BCUT2D eigenvalue weighted by atomic mass is 10.1. The summed E-state index contributed by atoms with van der Waals surface area (Å²) in [6.07, 6.45) is 0. The summed E-state index contributed by atoms with van der Waals surface area (Å²) in [5.41, 5.74) is 1.18. The van der Waals surface area contributed by atoms with E-state index in [1.165, 1.54) is 9.13 Å². The van der Waals surface area contributed by atoms with E-state index in [0.717, 1.165) is 0 Å². The smallest absolute Gasteiger partial charge is 0.315 e. The summed E-state index contributed by atoms with van der Waals surface area (Å²) in [6.45, 7) is 0.679. The third-order valence-electron chi connectivity index (χ3n) is 2.05. The van der Waals surface area contributed by atoms with Crippen LogP contribution in [-0.2, 0) is 0 Å². The van der Waals surface area contributed by atoms with E-state index in [1.54, 1.807) is 0 Å². The molecule has 3 nitrogen and oxygen atoms in total. The molecule has 1 aliphatic heterocycles. The van der Waals surface area contributed by atoms with Crippen molar-refractivity contribution in [2.24, 2.45) is 0 Å². The predicted octanol–water partition coefficient (Wildman–Crippen LogP) is 1.65. The van der Waals surface area contributed by atoms with Gasteiger partial charge in [-0.05, 0) is 34.2 Å². The normalized spacial score (nSPS) is 21.0. The Labute approximate surface area is 90.0 Å².